The van der Waals surface area contributed by atoms with Gasteiger partial charge in [-0.2, -0.15) is 0 Å². The number of ether oxygens (including phenoxy) is 2. The molecule has 2 rings (SSSR count). The van der Waals surface area contributed by atoms with Gasteiger partial charge in [0.2, 0.25) is 0 Å². The third-order valence-corrected chi connectivity index (χ3v) is 2.58. The number of aliphatic hydroxyl groups excluding tert-OH is 1. The molecule has 17 heavy (non-hydrogen) atoms. The van der Waals surface area contributed by atoms with Gasteiger partial charge in [0.15, 0.2) is 6.10 Å². The Morgan fingerprint density at radius 2 is 2.35 bits per heavy atom. The SMILES string of the molecule is C[C@@H](O)c1cc(F)ccc1OC1CCOC1=O. The lowest BCUT2D eigenvalue weighted by atomic mass is 10.1. The van der Waals surface area contributed by atoms with Gasteiger partial charge >= 0.3 is 5.97 Å². The van der Waals surface area contributed by atoms with Crippen LogP contribution in [0.15, 0.2) is 18.2 Å². The Balaban J connectivity index is 2.22. The highest BCUT2D eigenvalue weighted by molar-refractivity contribution is 5.76. The van der Waals surface area contributed by atoms with E-state index in [0.29, 0.717) is 24.3 Å². The second kappa shape index (κ2) is 4.71. The van der Waals surface area contributed by atoms with Gasteiger partial charge in [-0.1, -0.05) is 0 Å². The Hall–Kier alpha value is -1.62. The lowest BCUT2D eigenvalue weighted by Crippen LogP contribution is -2.22. The number of carbonyl (C=O) groups is 1. The van der Waals surface area contributed by atoms with Crippen LogP contribution in [0.25, 0.3) is 0 Å². The average Bonchev–Trinajstić information content (AvgIpc) is 2.67. The second-order valence-electron chi connectivity index (χ2n) is 3.92. The molecule has 0 aromatic heterocycles. The smallest absolute Gasteiger partial charge is 0.347 e. The summed E-state index contributed by atoms with van der Waals surface area (Å²) in [6.45, 7) is 1.84. The highest BCUT2D eigenvalue weighted by atomic mass is 19.1. The molecular formula is C12H13FO4. The fourth-order valence-electron chi connectivity index (χ4n) is 1.69. The quantitative estimate of drug-likeness (QED) is 0.815. The van der Waals surface area contributed by atoms with Crippen molar-refractivity contribution in [2.45, 2.75) is 25.6 Å². The molecule has 0 aliphatic carbocycles. The van der Waals surface area contributed by atoms with E-state index >= 15 is 0 Å². The van der Waals surface area contributed by atoms with Crippen LogP contribution < -0.4 is 4.74 Å². The fraction of sp³-hybridized carbons (Fsp3) is 0.417. The van der Waals surface area contributed by atoms with Crippen molar-refractivity contribution in [1.29, 1.82) is 0 Å². The van der Waals surface area contributed by atoms with Gasteiger partial charge in [0.1, 0.15) is 11.6 Å². The molecular weight excluding hydrogens is 227 g/mol. The first-order valence-corrected chi connectivity index (χ1v) is 5.38. The van der Waals surface area contributed by atoms with Crippen LogP contribution in [-0.4, -0.2) is 23.8 Å². The zero-order valence-electron chi connectivity index (χ0n) is 9.35. The summed E-state index contributed by atoms with van der Waals surface area (Å²) in [6.07, 6.45) is -1.06. The summed E-state index contributed by atoms with van der Waals surface area (Å²) in [4.78, 5) is 11.2. The van der Waals surface area contributed by atoms with Gasteiger partial charge in [0.25, 0.3) is 0 Å². The first-order chi connectivity index (χ1) is 8.08. The van der Waals surface area contributed by atoms with Crippen molar-refractivity contribution in [1.82, 2.24) is 0 Å². The number of benzene rings is 1. The summed E-state index contributed by atoms with van der Waals surface area (Å²) in [5, 5.41) is 9.51. The number of rotatable bonds is 3. The maximum Gasteiger partial charge on any atom is 0.347 e. The van der Waals surface area contributed by atoms with E-state index < -0.39 is 24.0 Å². The number of aliphatic hydroxyl groups is 1. The molecule has 1 saturated heterocycles. The minimum absolute atomic E-state index is 0.310. The summed E-state index contributed by atoms with van der Waals surface area (Å²) in [5.41, 5.74) is 0.324. The number of hydrogen-bond acceptors (Lipinski definition) is 4. The van der Waals surface area contributed by atoms with E-state index in [1.807, 2.05) is 0 Å². The number of hydrogen-bond donors (Lipinski definition) is 1. The molecule has 1 N–H and O–H groups in total. The van der Waals surface area contributed by atoms with Gasteiger partial charge in [-0.05, 0) is 25.1 Å². The predicted molar refractivity (Wildman–Crippen MR) is 57.0 cm³/mol. The highest BCUT2D eigenvalue weighted by Crippen LogP contribution is 2.28. The zero-order valence-corrected chi connectivity index (χ0v) is 9.35. The van der Waals surface area contributed by atoms with Gasteiger partial charge in [-0.3, -0.25) is 0 Å². The monoisotopic (exact) mass is 240 g/mol. The Kier molecular flexibility index (Phi) is 3.28. The van der Waals surface area contributed by atoms with Crippen LogP contribution >= 0.6 is 0 Å². The van der Waals surface area contributed by atoms with Crippen LogP contribution in [0.3, 0.4) is 0 Å². The summed E-state index contributed by atoms with van der Waals surface area (Å²) in [6, 6.07) is 3.82. The first kappa shape index (κ1) is 11.9. The van der Waals surface area contributed by atoms with E-state index in [-0.39, 0.29) is 0 Å². The second-order valence-corrected chi connectivity index (χ2v) is 3.92. The number of esters is 1. The molecule has 5 heteroatoms. The molecule has 92 valence electrons. The number of halogens is 1. The molecule has 0 spiro atoms. The van der Waals surface area contributed by atoms with Crippen molar-refractivity contribution in [3.05, 3.63) is 29.6 Å². The summed E-state index contributed by atoms with van der Waals surface area (Å²) >= 11 is 0. The Morgan fingerprint density at radius 3 is 2.94 bits per heavy atom. The molecule has 1 aromatic rings. The molecule has 0 amide bonds. The Morgan fingerprint density at radius 1 is 1.59 bits per heavy atom. The van der Waals surface area contributed by atoms with Crippen molar-refractivity contribution in [3.63, 3.8) is 0 Å². The molecule has 1 aromatic carbocycles. The number of carbonyl (C=O) groups excluding carboxylic acids is 1. The largest absolute Gasteiger partial charge is 0.478 e. The molecule has 2 atom stereocenters. The van der Waals surface area contributed by atoms with Crippen LogP contribution in [0.1, 0.15) is 25.0 Å². The lowest BCUT2D eigenvalue weighted by Gasteiger charge is -2.15. The van der Waals surface area contributed by atoms with Gasteiger partial charge < -0.3 is 14.6 Å². The van der Waals surface area contributed by atoms with Crippen molar-refractivity contribution in [2.24, 2.45) is 0 Å². The molecule has 0 radical (unpaired) electrons. The summed E-state index contributed by atoms with van der Waals surface area (Å²) in [7, 11) is 0. The summed E-state index contributed by atoms with van der Waals surface area (Å²) < 4.78 is 23.2. The maximum absolute atomic E-state index is 13.0. The molecule has 1 aliphatic heterocycles. The molecule has 1 unspecified atom stereocenters. The predicted octanol–water partition coefficient (Wildman–Crippen LogP) is 1.57. The van der Waals surface area contributed by atoms with E-state index in [0.717, 1.165) is 0 Å². The van der Waals surface area contributed by atoms with Crippen LogP contribution in [0, 0.1) is 5.82 Å². The van der Waals surface area contributed by atoms with Crippen LogP contribution in [0.4, 0.5) is 4.39 Å². The standard InChI is InChI=1S/C12H13FO4/c1-7(14)9-6-8(13)2-3-10(9)17-11-4-5-16-12(11)15/h2-3,6-7,11,14H,4-5H2,1H3/t7-,11?/m1/s1. The van der Waals surface area contributed by atoms with Crippen molar-refractivity contribution in [2.75, 3.05) is 6.61 Å². The highest BCUT2D eigenvalue weighted by Gasteiger charge is 2.29. The molecule has 0 saturated carbocycles. The minimum Gasteiger partial charge on any atom is -0.478 e. The first-order valence-electron chi connectivity index (χ1n) is 5.38. The molecule has 1 aliphatic rings. The van der Waals surface area contributed by atoms with Gasteiger partial charge in [0, 0.05) is 12.0 Å². The molecule has 4 nitrogen and oxygen atoms in total. The third-order valence-electron chi connectivity index (χ3n) is 2.58. The molecule has 1 fully saturated rings. The van der Waals surface area contributed by atoms with Gasteiger partial charge in [0.05, 0.1) is 12.7 Å². The van der Waals surface area contributed by atoms with Gasteiger partial charge in [-0.15, -0.1) is 0 Å². The van der Waals surface area contributed by atoms with E-state index in [2.05, 4.69) is 0 Å². The molecule has 1 heterocycles. The molecule has 0 bridgehead atoms. The van der Waals surface area contributed by atoms with Crippen molar-refractivity contribution in [3.8, 4) is 5.75 Å². The van der Waals surface area contributed by atoms with E-state index in [1.54, 1.807) is 0 Å². The third kappa shape index (κ3) is 2.55. The van der Waals surface area contributed by atoms with Crippen LogP contribution in [0.5, 0.6) is 5.75 Å². The van der Waals surface area contributed by atoms with Gasteiger partial charge in [-0.25, -0.2) is 9.18 Å². The van der Waals surface area contributed by atoms with E-state index in [9.17, 15) is 14.3 Å². The Bertz CT molecular complexity index is 431. The Labute approximate surface area is 98.0 Å². The van der Waals surface area contributed by atoms with Crippen LogP contribution in [0.2, 0.25) is 0 Å². The average molecular weight is 240 g/mol. The van der Waals surface area contributed by atoms with E-state index in [4.69, 9.17) is 9.47 Å². The zero-order chi connectivity index (χ0) is 12.4. The van der Waals surface area contributed by atoms with Crippen molar-refractivity contribution < 1.29 is 23.8 Å². The van der Waals surface area contributed by atoms with Crippen LogP contribution in [-0.2, 0) is 9.53 Å². The normalized spacial score (nSPS) is 21.1. The lowest BCUT2D eigenvalue weighted by molar-refractivity contribution is -0.143. The topological polar surface area (TPSA) is 55.8 Å². The van der Waals surface area contributed by atoms with Crippen molar-refractivity contribution >= 4 is 5.97 Å². The van der Waals surface area contributed by atoms with E-state index in [1.165, 1.54) is 25.1 Å². The number of cyclic esters (lactones) is 1. The summed E-state index contributed by atoms with van der Waals surface area (Å²) in [5.74, 6) is -0.571. The maximum atomic E-state index is 13.0. The minimum atomic E-state index is -0.863. The fourth-order valence-corrected chi connectivity index (χ4v) is 1.69.